The van der Waals surface area contributed by atoms with Gasteiger partial charge in [0, 0.05) is 0 Å². The molecule has 146 valence electrons. The number of aliphatic hydroxyl groups excluding tert-OH is 1. The molecular weight excluding hydrogens is 366 g/mol. The Bertz CT molecular complexity index is 1210. The maximum absolute atomic E-state index is 10.7. The minimum atomic E-state index is -0.944. The van der Waals surface area contributed by atoms with Crippen LogP contribution in [-0.4, -0.2) is 11.7 Å². The lowest BCUT2D eigenvalue weighted by Crippen LogP contribution is -2.43. The molecule has 4 aromatic carbocycles. The first kappa shape index (κ1) is 17.6. The van der Waals surface area contributed by atoms with Gasteiger partial charge in [0.25, 0.3) is 0 Å². The number of aliphatic hydroxyl groups is 1. The van der Waals surface area contributed by atoms with E-state index < -0.39 is 5.54 Å². The van der Waals surface area contributed by atoms with Crippen LogP contribution in [0.2, 0.25) is 0 Å². The maximum Gasteiger partial charge on any atom is 0.0906 e. The van der Waals surface area contributed by atoms with Gasteiger partial charge in [0.15, 0.2) is 0 Å². The minimum absolute atomic E-state index is 0.132. The smallest absolute Gasteiger partial charge is 0.0906 e. The summed E-state index contributed by atoms with van der Waals surface area (Å²) in [6, 6.07) is 29.8. The fourth-order valence-corrected chi connectivity index (χ4v) is 5.47. The van der Waals surface area contributed by atoms with E-state index in [2.05, 4.69) is 84.9 Å². The lowest BCUT2D eigenvalue weighted by molar-refractivity contribution is 0.222. The fraction of sp³-hybridized carbons (Fsp3) is 0.143. The van der Waals surface area contributed by atoms with Crippen molar-refractivity contribution < 1.29 is 5.11 Å². The molecule has 0 bridgehead atoms. The van der Waals surface area contributed by atoms with Gasteiger partial charge in [-0.15, -0.1) is 0 Å². The van der Waals surface area contributed by atoms with E-state index in [1.807, 2.05) is 0 Å². The molecule has 0 saturated carbocycles. The lowest BCUT2D eigenvalue weighted by Gasteiger charge is -2.32. The molecule has 0 atom stereocenters. The Kier molecular flexibility index (Phi) is 3.76. The van der Waals surface area contributed by atoms with E-state index in [0.717, 1.165) is 24.0 Å². The molecule has 0 amide bonds. The first-order valence-electron chi connectivity index (χ1n) is 10.5. The van der Waals surface area contributed by atoms with Gasteiger partial charge in [-0.1, -0.05) is 84.9 Å². The van der Waals surface area contributed by atoms with Crippen LogP contribution in [0.5, 0.6) is 0 Å². The van der Waals surface area contributed by atoms with Gasteiger partial charge >= 0.3 is 0 Å². The van der Waals surface area contributed by atoms with Crippen LogP contribution in [0, 0.1) is 0 Å². The van der Waals surface area contributed by atoms with E-state index in [9.17, 15) is 5.11 Å². The normalized spacial score (nSPS) is 13.5. The standard InChI is InChI=1S/C28H23NO/c29-28(17-30,26-13-5-11-22-20-9-3-1-7-18(20)15-24(22)26)27-14-6-12-23-21-10-4-2-8-19(21)16-25(23)27/h1-14,30H,15-17,29H2. The molecule has 0 fully saturated rings. The number of rotatable bonds is 3. The van der Waals surface area contributed by atoms with Gasteiger partial charge in [0.2, 0.25) is 0 Å². The molecule has 30 heavy (non-hydrogen) atoms. The largest absolute Gasteiger partial charge is 0.394 e. The van der Waals surface area contributed by atoms with Crippen LogP contribution in [0.25, 0.3) is 22.3 Å². The van der Waals surface area contributed by atoms with Crippen molar-refractivity contribution in [3.63, 3.8) is 0 Å². The summed E-state index contributed by atoms with van der Waals surface area (Å²) in [6.07, 6.45) is 1.71. The summed E-state index contributed by atoms with van der Waals surface area (Å²) in [5.74, 6) is 0. The van der Waals surface area contributed by atoms with Crippen LogP contribution >= 0.6 is 0 Å². The summed E-state index contributed by atoms with van der Waals surface area (Å²) in [5.41, 5.74) is 18.4. The molecule has 4 aromatic rings. The Morgan fingerprint density at radius 3 is 1.50 bits per heavy atom. The number of nitrogens with two attached hydrogens (primary N) is 1. The van der Waals surface area contributed by atoms with E-state index >= 15 is 0 Å². The Balaban J connectivity index is 1.55. The molecule has 2 aliphatic rings. The SMILES string of the molecule is NC(CO)(c1cccc2c1Cc1ccccc1-2)c1cccc2c1Cc1ccccc1-2. The minimum Gasteiger partial charge on any atom is -0.394 e. The highest BCUT2D eigenvalue weighted by Gasteiger charge is 2.37. The Morgan fingerprint density at radius 1 is 0.600 bits per heavy atom. The number of fused-ring (bicyclic) bond motifs is 6. The van der Waals surface area contributed by atoms with Gasteiger partial charge in [-0.2, -0.15) is 0 Å². The zero-order chi connectivity index (χ0) is 20.3. The third-order valence-electron chi connectivity index (χ3n) is 6.91. The molecule has 0 radical (unpaired) electrons. The molecular formula is C28H23NO. The van der Waals surface area contributed by atoms with Gasteiger partial charge in [0.05, 0.1) is 12.1 Å². The molecule has 0 heterocycles. The fourth-order valence-electron chi connectivity index (χ4n) is 5.47. The summed E-state index contributed by atoms with van der Waals surface area (Å²) < 4.78 is 0. The second-order valence-electron chi connectivity index (χ2n) is 8.46. The van der Waals surface area contributed by atoms with E-state index in [1.54, 1.807) is 0 Å². The first-order valence-corrected chi connectivity index (χ1v) is 10.5. The predicted octanol–water partition coefficient (Wildman–Crippen LogP) is 5.02. The quantitative estimate of drug-likeness (QED) is 0.446. The van der Waals surface area contributed by atoms with Gasteiger partial charge < -0.3 is 10.8 Å². The van der Waals surface area contributed by atoms with E-state index in [0.29, 0.717) is 0 Å². The number of hydrogen-bond donors (Lipinski definition) is 2. The second kappa shape index (κ2) is 6.40. The van der Waals surface area contributed by atoms with Crippen LogP contribution in [-0.2, 0) is 18.4 Å². The first-order chi connectivity index (χ1) is 14.7. The van der Waals surface area contributed by atoms with Crippen molar-refractivity contribution >= 4 is 0 Å². The van der Waals surface area contributed by atoms with Crippen molar-refractivity contribution in [1.82, 2.24) is 0 Å². The van der Waals surface area contributed by atoms with E-state index in [1.165, 1.54) is 44.5 Å². The zero-order valence-corrected chi connectivity index (χ0v) is 16.7. The van der Waals surface area contributed by atoms with Crippen molar-refractivity contribution in [2.75, 3.05) is 6.61 Å². The van der Waals surface area contributed by atoms with Crippen molar-refractivity contribution in [2.45, 2.75) is 18.4 Å². The summed E-state index contributed by atoms with van der Waals surface area (Å²) in [5, 5.41) is 10.7. The zero-order valence-electron chi connectivity index (χ0n) is 16.7. The maximum atomic E-state index is 10.7. The third kappa shape index (κ3) is 2.32. The van der Waals surface area contributed by atoms with Crippen molar-refractivity contribution in [2.24, 2.45) is 5.73 Å². The summed E-state index contributed by atoms with van der Waals surface area (Å²) in [6.45, 7) is -0.132. The number of hydrogen-bond acceptors (Lipinski definition) is 2. The van der Waals surface area contributed by atoms with Crippen molar-refractivity contribution in [3.05, 3.63) is 118 Å². The Hall–Kier alpha value is -3.20. The Labute approximate surface area is 176 Å². The Morgan fingerprint density at radius 2 is 1.03 bits per heavy atom. The van der Waals surface area contributed by atoms with Gasteiger partial charge in [-0.3, -0.25) is 0 Å². The van der Waals surface area contributed by atoms with Gasteiger partial charge in [0.1, 0.15) is 0 Å². The molecule has 2 aliphatic carbocycles. The van der Waals surface area contributed by atoms with Crippen LogP contribution in [0.3, 0.4) is 0 Å². The molecule has 6 rings (SSSR count). The topological polar surface area (TPSA) is 46.2 Å². The van der Waals surface area contributed by atoms with Crippen LogP contribution < -0.4 is 5.73 Å². The molecule has 0 unspecified atom stereocenters. The van der Waals surface area contributed by atoms with E-state index in [4.69, 9.17) is 5.73 Å². The summed E-state index contributed by atoms with van der Waals surface area (Å²) in [7, 11) is 0. The number of benzene rings is 4. The predicted molar refractivity (Wildman–Crippen MR) is 121 cm³/mol. The molecule has 0 aliphatic heterocycles. The van der Waals surface area contributed by atoms with Crippen LogP contribution in [0.1, 0.15) is 33.4 Å². The third-order valence-corrected chi connectivity index (χ3v) is 6.91. The molecule has 0 aromatic heterocycles. The van der Waals surface area contributed by atoms with Crippen molar-refractivity contribution in [3.8, 4) is 22.3 Å². The van der Waals surface area contributed by atoms with E-state index in [-0.39, 0.29) is 6.61 Å². The monoisotopic (exact) mass is 389 g/mol. The highest BCUT2D eigenvalue weighted by atomic mass is 16.3. The molecule has 2 nitrogen and oxygen atoms in total. The average Bonchev–Trinajstić information content (AvgIpc) is 3.36. The molecule has 3 N–H and O–H groups in total. The molecule has 0 spiro atoms. The lowest BCUT2D eigenvalue weighted by atomic mass is 9.78. The van der Waals surface area contributed by atoms with Gasteiger partial charge in [-0.05, 0) is 68.5 Å². The summed E-state index contributed by atoms with van der Waals surface area (Å²) >= 11 is 0. The van der Waals surface area contributed by atoms with Crippen molar-refractivity contribution in [1.29, 1.82) is 0 Å². The molecule has 0 saturated heterocycles. The molecule has 2 heteroatoms. The highest BCUT2D eigenvalue weighted by molar-refractivity contribution is 5.81. The van der Waals surface area contributed by atoms with Crippen LogP contribution in [0.15, 0.2) is 84.9 Å². The van der Waals surface area contributed by atoms with Crippen LogP contribution in [0.4, 0.5) is 0 Å². The highest BCUT2D eigenvalue weighted by Crippen LogP contribution is 2.45. The average molecular weight is 389 g/mol. The summed E-state index contributed by atoms with van der Waals surface area (Å²) in [4.78, 5) is 0. The second-order valence-corrected chi connectivity index (χ2v) is 8.46. The van der Waals surface area contributed by atoms with Gasteiger partial charge in [-0.25, -0.2) is 0 Å².